The monoisotopic (exact) mass is 310 g/mol. The van der Waals surface area contributed by atoms with Crippen molar-refractivity contribution < 1.29 is 39.9 Å². The van der Waals surface area contributed by atoms with Crippen LogP contribution in [0.25, 0.3) is 0 Å². The van der Waals surface area contributed by atoms with Gasteiger partial charge in [-0.25, -0.2) is 0 Å². The minimum absolute atomic E-state index is 0.169. The first kappa shape index (κ1) is 16.2. The molecule has 1 rings (SSSR count). The number of halogens is 8. The van der Waals surface area contributed by atoms with E-state index in [2.05, 4.69) is 9.72 Å². The second kappa shape index (κ2) is 4.94. The van der Waals surface area contributed by atoms with Gasteiger partial charge in [-0.05, 0) is 6.07 Å². The van der Waals surface area contributed by atoms with Gasteiger partial charge in [0.15, 0.2) is 6.61 Å². The number of anilines is 1. The average Bonchev–Trinajstić information content (AvgIpc) is 2.23. The van der Waals surface area contributed by atoms with Gasteiger partial charge < -0.3 is 10.5 Å². The zero-order valence-electron chi connectivity index (χ0n) is 9.32. The van der Waals surface area contributed by atoms with Crippen LogP contribution in [-0.4, -0.2) is 23.7 Å². The number of aromatic nitrogens is 1. The molecule has 0 saturated carbocycles. The lowest BCUT2D eigenvalue weighted by molar-refractivity contribution is -0.290. The predicted molar refractivity (Wildman–Crippen MR) is 50.1 cm³/mol. The molecule has 1 aromatic rings. The number of ether oxygens (including phenoxy) is 1. The van der Waals surface area contributed by atoms with E-state index in [0.29, 0.717) is 6.07 Å². The number of hydrogen-bond acceptors (Lipinski definition) is 3. The summed E-state index contributed by atoms with van der Waals surface area (Å²) in [5, 5.41) is 0. The van der Waals surface area contributed by atoms with Gasteiger partial charge in [-0.15, -0.1) is 0 Å². The highest BCUT2D eigenvalue weighted by Crippen LogP contribution is 2.36. The molecule has 20 heavy (non-hydrogen) atoms. The van der Waals surface area contributed by atoms with E-state index in [4.69, 9.17) is 5.73 Å². The van der Waals surface area contributed by atoms with Crippen LogP contribution >= 0.6 is 0 Å². The molecule has 1 aromatic heterocycles. The summed E-state index contributed by atoms with van der Waals surface area (Å²) < 4.78 is 102. The first-order valence-corrected chi connectivity index (χ1v) is 4.75. The highest BCUT2D eigenvalue weighted by atomic mass is 19.4. The lowest BCUT2D eigenvalue weighted by Crippen LogP contribution is -2.41. The van der Waals surface area contributed by atoms with Crippen molar-refractivity contribution in [2.45, 2.75) is 18.3 Å². The Kier molecular flexibility index (Phi) is 4.02. The molecule has 0 fully saturated rings. The third kappa shape index (κ3) is 3.84. The van der Waals surface area contributed by atoms with Crippen LogP contribution in [0.4, 0.5) is 40.9 Å². The molecule has 0 unspecified atom stereocenters. The van der Waals surface area contributed by atoms with E-state index in [1.165, 1.54) is 0 Å². The van der Waals surface area contributed by atoms with E-state index >= 15 is 0 Å². The summed E-state index contributed by atoms with van der Waals surface area (Å²) in [6, 6.07) is 0.553. The summed E-state index contributed by atoms with van der Waals surface area (Å²) in [7, 11) is 0. The molecule has 0 spiro atoms. The zero-order chi connectivity index (χ0) is 15.8. The lowest BCUT2D eigenvalue weighted by atomic mass is 10.2. The van der Waals surface area contributed by atoms with Gasteiger partial charge in [-0.1, -0.05) is 0 Å². The Bertz CT molecular complexity index is 482. The Hall–Kier alpha value is -1.81. The number of hydrogen-bond donors (Lipinski definition) is 1. The first-order chi connectivity index (χ1) is 8.83. The van der Waals surface area contributed by atoms with Crippen molar-refractivity contribution in [3.05, 3.63) is 17.7 Å². The van der Waals surface area contributed by atoms with Crippen LogP contribution in [0.3, 0.4) is 0 Å². The molecule has 2 N–H and O–H groups in total. The molecule has 0 aromatic carbocycles. The third-order valence-electron chi connectivity index (χ3n) is 1.97. The van der Waals surface area contributed by atoms with Gasteiger partial charge in [0, 0.05) is 6.07 Å². The molecule has 0 radical (unpaired) electrons. The fourth-order valence-corrected chi connectivity index (χ4v) is 1.01. The molecule has 1 heterocycles. The standard InChI is InChI=1S/C9H6F8N2O/c10-7(11,9(15,16)17)3-20-6-2-4(8(12,13)14)1-5(18)19-6/h1-2H,3H2,(H2,18,19). The Labute approximate surface area is 106 Å². The molecular formula is C9H6F8N2O. The van der Waals surface area contributed by atoms with Crippen LogP contribution in [0, 0.1) is 0 Å². The fraction of sp³-hybridized carbons (Fsp3) is 0.444. The second-order valence-corrected chi connectivity index (χ2v) is 3.61. The van der Waals surface area contributed by atoms with Crippen molar-refractivity contribution in [1.29, 1.82) is 0 Å². The van der Waals surface area contributed by atoms with Gasteiger partial charge >= 0.3 is 18.3 Å². The van der Waals surface area contributed by atoms with Crippen LogP contribution in [0.15, 0.2) is 12.1 Å². The van der Waals surface area contributed by atoms with Crippen LogP contribution in [0.1, 0.15) is 5.56 Å². The van der Waals surface area contributed by atoms with E-state index in [1.54, 1.807) is 0 Å². The van der Waals surface area contributed by atoms with Crippen molar-refractivity contribution in [2.75, 3.05) is 12.3 Å². The van der Waals surface area contributed by atoms with Gasteiger partial charge in [-0.2, -0.15) is 40.1 Å². The van der Waals surface area contributed by atoms with Crippen molar-refractivity contribution in [3.8, 4) is 5.88 Å². The molecule has 0 amide bonds. The summed E-state index contributed by atoms with van der Waals surface area (Å²) >= 11 is 0. The van der Waals surface area contributed by atoms with E-state index in [0.717, 1.165) is 0 Å². The molecular weight excluding hydrogens is 304 g/mol. The number of pyridine rings is 1. The molecule has 0 bridgehead atoms. The van der Waals surface area contributed by atoms with Gasteiger partial charge in [0.05, 0.1) is 5.56 Å². The SMILES string of the molecule is Nc1cc(C(F)(F)F)cc(OCC(F)(F)C(F)(F)F)n1. The Balaban J connectivity index is 2.92. The Morgan fingerprint density at radius 1 is 1.00 bits per heavy atom. The molecule has 0 saturated heterocycles. The maximum atomic E-state index is 12.5. The maximum Gasteiger partial charge on any atom is 0.456 e. The summed E-state index contributed by atoms with van der Waals surface area (Å²) in [4.78, 5) is 3.09. The first-order valence-electron chi connectivity index (χ1n) is 4.75. The minimum Gasteiger partial charge on any atom is -0.471 e. The minimum atomic E-state index is -5.89. The van der Waals surface area contributed by atoms with Crippen LogP contribution in [-0.2, 0) is 6.18 Å². The quantitative estimate of drug-likeness (QED) is 0.872. The van der Waals surface area contributed by atoms with Gasteiger partial charge in [0.2, 0.25) is 5.88 Å². The molecule has 0 aliphatic heterocycles. The summed E-state index contributed by atoms with van der Waals surface area (Å²) in [6.45, 7) is -2.20. The normalized spacial score (nSPS) is 13.4. The number of nitrogens with zero attached hydrogens (tertiary/aromatic N) is 1. The summed E-state index contributed by atoms with van der Waals surface area (Å²) in [5.41, 5.74) is 3.60. The molecule has 0 aliphatic rings. The van der Waals surface area contributed by atoms with Crippen LogP contribution in [0.5, 0.6) is 5.88 Å². The van der Waals surface area contributed by atoms with Crippen LogP contribution in [0.2, 0.25) is 0 Å². The number of nitrogens with two attached hydrogens (primary N) is 1. The highest BCUT2D eigenvalue weighted by Gasteiger charge is 2.58. The van der Waals surface area contributed by atoms with E-state index < -0.39 is 42.1 Å². The highest BCUT2D eigenvalue weighted by molar-refractivity contribution is 5.38. The number of rotatable bonds is 3. The van der Waals surface area contributed by atoms with Gasteiger partial charge in [0.25, 0.3) is 0 Å². The largest absolute Gasteiger partial charge is 0.471 e. The topological polar surface area (TPSA) is 48.1 Å². The van der Waals surface area contributed by atoms with Gasteiger partial charge in [0.1, 0.15) is 5.82 Å². The molecule has 0 aliphatic carbocycles. The van der Waals surface area contributed by atoms with Crippen LogP contribution < -0.4 is 10.5 Å². The molecule has 114 valence electrons. The second-order valence-electron chi connectivity index (χ2n) is 3.61. The molecule has 11 heteroatoms. The van der Waals surface area contributed by atoms with Crippen molar-refractivity contribution in [3.63, 3.8) is 0 Å². The van der Waals surface area contributed by atoms with E-state index in [-0.39, 0.29) is 6.07 Å². The van der Waals surface area contributed by atoms with Crippen molar-refractivity contribution in [1.82, 2.24) is 4.98 Å². The number of nitrogen functional groups attached to an aromatic ring is 1. The zero-order valence-corrected chi connectivity index (χ0v) is 9.32. The fourth-order valence-electron chi connectivity index (χ4n) is 1.01. The summed E-state index contributed by atoms with van der Waals surface area (Å²) in [6.07, 6.45) is -10.8. The van der Waals surface area contributed by atoms with Crippen molar-refractivity contribution >= 4 is 5.82 Å². The Morgan fingerprint density at radius 3 is 2.00 bits per heavy atom. The maximum absolute atomic E-state index is 12.5. The molecule has 3 nitrogen and oxygen atoms in total. The van der Waals surface area contributed by atoms with Crippen molar-refractivity contribution in [2.24, 2.45) is 0 Å². The van der Waals surface area contributed by atoms with E-state index in [1.807, 2.05) is 0 Å². The van der Waals surface area contributed by atoms with E-state index in [9.17, 15) is 35.1 Å². The summed E-state index contributed by atoms with van der Waals surface area (Å²) in [5.74, 6) is -7.04. The predicted octanol–water partition coefficient (Wildman–Crippen LogP) is 3.26. The average molecular weight is 310 g/mol. The molecule has 0 atom stereocenters. The Morgan fingerprint density at radius 2 is 1.55 bits per heavy atom. The van der Waals surface area contributed by atoms with Gasteiger partial charge in [-0.3, -0.25) is 0 Å². The third-order valence-corrected chi connectivity index (χ3v) is 1.97. The lowest BCUT2D eigenvalue weighted by Gasteiger charge is -2.19. The smallest absolute Gasteiger partial charge is 0.456 e. The number of alkyl halides is 8.